The van der Waals surface area contributed by atoms with Crippen LogP contribution in [-0.2, 0) is 0 Å². The average Bonchev–Trinajstić information content (AvgIpc) is 2.80. The third-order valence-electron chi connectivity index (χ3n) is 4.22. The molecule has 0 amide bonds. The van der Waals surface area contributed by atoms with Crippen molar-refractivity contribution in [3.8, 4) is 0 Å². The Morgan fingerprint density at radius 1 is 1.35 bits per heavy atom. The number of pyridine rings is 1. The quantitative estimate of drug-likeness (QED) is 0.619. The van der Waals surface area contributed by atoms with Crippen molar-refractivity contribution in [3.05, 3.63) is 40.4 Å². The van der Waals surface area contributed by atoms with E-state index in [1.165, 1.54) is 25.3 Å². The molecule has 23 heavy (non-hydrogen) atoms. The Morgan fingerprint density at radius 2 is 2.22 bits per heavy atom. The third-order valence-corrected chi connectivity index (χ3v) is 5.41. The normalized spacial score (nSPS) is 18.8. The van der Waals surface area contributed by atoms with Crippen LogP contribution in [0.3, 0.4) is 0 Å². The first-order chi connectivity index (χ1) is 11.2. The van der Waals surface area contributed by atoms with Gasteiger partial charge in [-0.15, -0.1) is 0 Å². The van der Waals surface area contributed by atoms with Gasteiger partial charge in [-0.05, 0) is 36.8 Å². The number of aromatic nitrogens is 1. The van der Waals surface area contributed by atoms with Gasteiger partial charge in [0.05, 0.1) is 10.4 Å². The lowest BCUT2D eigenvalue weighted by atomic mass is 10.2. The molecule has 0 radical (unpaired) electrons. The van der Waals surface area contributed by atoms with Crippen LogP contribution in [0.1, 0.15) is 26.2 Å². The molecule has 122 valence electrons. The van der Waals surface area contributed by atoms with E-state index in [2.05, 4.69) is 11.8 Å². The Labute approximate surface area is 140 Å². The molecule has 0 N–H and O–H groups in total. The van der Waals surface area contributed by atoms with Gasteiger partial charge in [0.25, 0.3) is 5.69 Å². The topological polar surface area (TPSA) is 59.3 Å². The number of non-ortho nitro benzene ring substituents is 1. The van der Waals surface area contributed by atoms with Gasteiger partial charge in [0, 0.05) is 35.9 Å². The van der Waals surface area contributed by atoms with E-state index >= 15 is 0 Å². The molecule has 0 spiro atoms. The van der Waals surface area contributed by atoms with Gasteiger partial charge < -0.3 is 4.90 Å². The summed E-state index contributed by atoms with van der Waals surface area (Å²) in [5.41, 5.74) is 0.929. The van der Waals surface area contributed by atoms with E-state index in [0.29, 0.717) is 5.25 Å². The summed E-state index contributed by atoms with van der Waals surface area (Å²) in [4.78, 5) is 17.6. The van der Waals surface area contributed by atoms with Crippen LogP contribution in [0.25, 0.3) is 10.9 Å². The molecule has 1 aliphatic heterocycles. The number of hydrogen-bond donors (Lipinski definition) is 0. The zero-order valence-electron chi connectivity index (χ0n) is 13.3. The Kier molecular flexibility index (Phi) is 5.00. The number of nitro groups is 1. The molecule has 0 saturated carbocycles. The van der Waals surface area contributed by atoms with Crippen molar-refractivity contribution in [2.24, 2.45) is 0 Å². The van der Waals surface area contributed by atoms with Gasteiger partial charge in [-0.1, -0.05) is 13.3 Å². The van der Waals surface area contributed by atoms with Crippen molar-refractivity contribution in [1.82, 2.24) is 4.98 Å². The van der Waals surface area contributed by atoms with Crippen LogP contribution in [0.2, 0.25) is 0 Å². The first-order valence-corrected chi connectivity index (χ1v) is 9.14. The summed E-state index contributed by atoms with van der Waals surface area (Å²) in [7, 11) is 0. The highest BCUT2D eigenvalue weighted by Crippen LogP contribution is 2.27. The summed E-state index contributed by atoms with van der Waals surface area (Å²) in [6.07, 6.45) is 3.74. The molecular weight excluding hydrogens is 310 g/mol. The SMILES string of the molecule is CCSC1CCCCN(c2ccc3cc([N+](=O)[O-])ccc3n2)C1. The summed E-state index contributed by atoms with van der Waals surface area (Å²) in [6, 6.07) is 8.79. The zero-order chi connectivity index (χ0) is 16.2. The molecule has 6 heteroatoms. The van der Waals surface area contributed by atoms with Crippen molar-refractivity contribution < 1.29 is 4.92 Å². The first kappa shape index (κ1) is 16.1. The minimum absolute atomic E-state index is 0.112. The summed E-state index contributed by atoms with van der Waals surface area (Å²) in [5, 5.41) is 12.3. The number of nitro benzene ring substituents is 1. The molecule has 1 unspecified atom stereocenters. The third kappa shape index (κ3) is 3.75. The molecular formula is C17H21N3O2S. The van der Waals surface area contributed by atoms with Crippen molar-refractivity contribution in [2.75, 3.05) is 23.7 Å². The van der Waals surface area contributed by atoms with Crippen LogP contribution >= 0.6 is 11.8 Å². The summed E-state index contributed by atoms with van der Waals surface area (Å²) < 4.78 is 0. The van der Waals surface area contributed by atoms with Crippen molar-refractivity contribution in [2.45, 2.75) is 31.4 Å². The molecule has 1 aromatic carbocycles. The molecule has 1 fully saturated rings. The molecule has 5 nitrogen and oxygen atoms in total. The van der Waals surface area contributed by atoms with Crippen LogP contribution in [-0.4, -0.2) is 34.0 Å². The predicted octanol–water partition coefficient (Wildman–Crippen LogP) is 4.26. The molecule has 1 aromatic heterocycles. The second-order valence-electron chi connectivity index (χ2n) is 5.82. The molecule has 3 rings (SSSR count). The van der Waals surface area contributed by atoms with Crippen molar-refractivity contribution >= 4 is 34.2 Å². The van der Waals surface area contributed by atoms with Crippen LogP contribution in [0.5, 0.6) is 0 Å². The molecule has 0 bridgehead atoms. The number of thioether (sulfide) groups is 1. The van der Waals surface area contributed by atoms with E-state index < -0.39 is 0 Å². The average molecular weight is 331 g/mol. The highest BCUT2D eigenvalue weighted by molar-refractivity contribution is 7.99. The van der Waals surface area contributed by atoms with E-state index in [-0.39, 0.29) is 10.6 Å². The second kappa shape index (κ2) is 7.17. The molecule has 1 aliphatic rings. The maximum absolute atomic E-state index is 10.9. The summed E-state index contributed by atoms with van der Waals surface area (Å²) >= 11 is 2.03. The highest BCUT2D eigenvalue weighted by Gasteiger charge is 2.19. The van der Waals surface area contributed by atoms with Gasteiger partial charge in [0.2, 0.25) is 0 Å². The summed E-state index contributed by atoms with van der Waals surface area (Å²) in [6.45, 7) is 4.28. The minimum Gasteiger partial charge on any atom is -0.355 e. The number of fused-ring (bicyclic) bond motifs is 1. The number of hydrogen-bond acceptors (Lipinski definition) is 5. The van der Waals surface area contributed by atoms with Crippen LogP contribution in [0, 0.1) is 10.1 Å². The summed E-state index contributed by atoms with van der Waals surface area (Å²) in [5.74, 6) is 2.13. The number of rotatable bonds is 4. The minimum atomic E-state index is -0.366. The van der Waals surface area contributed by atoms with Crippen LogP contribution < -0.4 is 4.90 Å². The molecule has 2 heterocycles. The van der Waals surface area contributed by atoms with Crippen LogP contribution in [0.4, 0.5) is 11.5 Å². The first-order valence-electron chi connectivity index (χ1n) is 8.09. The highest BCUT2D eigenvalue weighted by atomic mass is 32.2. The van der Waals surface area contributed by atoms with Gasteiger partial charge >= 0.3 is 0 Å². The number of benzene rings is 1. The Morgan fingerprint density at radius 3 is 3.00 bits per heavy atom. The molecule has 0 aliphatic carbocycles. The smallest absolute Gasteiger partial charge is 0.270 e. The second-order valence-corrected chi connectivity index (χ2v) is 7.40. The van der Waals surface area contributed by atoms with Gasteiger partial charge in [-0.25, -0.2) is 4.98 Å². The van der Waals surface area contributed by atoms with Gasteiger partial charge in [-0.2, -0.15) is 11.8 Å². The number of anilines is 1. The van der Waals surface area contributed by atoms with Gasteiger partial charge in [0.15, 0.2) is 0 Å². The predicted molar refractivity (Wildman–Crippen MR) is 96.4 cm³/mol. The molecule has 1 atom stereocenters. The zero-order valence-corrected chi connectivity index (χ0v) is 14.1. The molecule has 1 saturated heterocycles. The lowest BCUT2D eigenvalue weighted by Gasteiger charge is -2.25. The van der Waals surface area contributed by atoms with E-state index in [4.69, 9.17) is 4.98 Å². The standard InChI is InChI=1S/C17H21N3O2S/c1-2-23-15-5-3-4-10-19(12-15)17-9-6-13-11-14(20(21)22)7-8-16(13)18-17/h6-9,11,15H,2-5,10,12H2,1H3. The van der Waals surface area contributed by atoms with E-state index in [1.807, 2.05) is 23.9 Å². The Bertz CT molecular complexity index is 707. The van der Waals surface area contributed by atoms with Crippen molar-refractivity contribution in [3.63, 3.8) is 0 Å². The fraction of sp³-hybridized carbons (Fsp3) is 0.471. The van der Waals surface area contributed by atoms with Crippen molar-refractivity contribution in [1.29, 1.82) is 0 Å². The van der Waals surface area contributed by atoms with E-state index in [9.17, 15) is 10.1 Å². The Hall–Kier alpha value is -1.82. The Balaban J connectivity index is 1.86. The fourth-order valence-electron chi connectivity index (χ4n) is 3.07. The van der Waals surface area contributed by atoms with E-state index in [0.717, 1.165) is 35.6 Å². The fourth-order valence-corrected chi connectivity index (χ4v) is 4.16. The molecule has 2 aromatic rings. The van der Waals surface area contributed by atoms with Gasteiger partial charge in [-0.3, -0.25) is 10.1 Å². The van der Waals surface area contributed by atoms with Gasteiger partial charge in [0.1, 0.15) is 5.82 Å². The maximum atomic E-state index is 10.9. The maximum Gasteiger partial charge on any atom is 0.270 e. The number of nitrogens with zero attached hydrogens (tertiary/aromatic N) is 3. The van der Waals surface area contributed by atoms with Crippen LogP contribution in [0.15, 0.2) is 30.3 Å². The lowest BCUT2D eigenvalue weighted by Crippen LogP contribution is -2.30. The largest absolute Gasteiger partial charge is 0.355 e. The monoisotopic (exact) mass is 331 g/mol. The van der Waals surface area contributed by atoms with E-state index in [1.54, 1.807) is 12.1 Å². The lowest BCUT2D eigenvalue weighted by molar-refractivity contribution is -0.384.